The number of halogens is 2. The summed E-state index contributed by atoms with van der Waals surface area (Å²) in [6.07, 6.45) is 1.91. The number of nitrogen functional groups attached to an aromatic ring is 1. The van der Waals surface area contributed by atoms with Crippen LogP contribution in [0.2, 0.25) is 10.0 Å². The average Bonchev–Trinajstić information content (AvgIpc) is 3.06. The fourth-order valence-corrected chi connectivity index (χ4v) is 3.33. The normalized spacial score (nSPS) is 11.0. The minimum Gasteiger partial charge on any atom is -0.341 e. The second-order valence-electron chi connectivity index (χ2n) is 4.38. The zero-order valence-corrected chi connectivity index (χ0v) is 13.0. The van der Waals surface area contributed by atoms with E-state index in [1.165, 1.54) is 11.3 Å². The molecule has 0 radical (unpaired) electrons. The zero-order chi connectivity index (χ0) is 15.0. The van der Waals surface area contributed by atoms with E-state index in [4.69, 9.17) is 29.0 Å². The number of thiazole rings is 1. The molecule has 108 valence electrons. The number of hydrazine groups is 1. The topological polar surface area (TPSA) is 72.9 Å². The molecule has 5 nitrogen and oxygen atoms in total. The van der Waals surface area contributed by atoms with Gasteiger partial charge in [0.05, 0.1) is 22.8 Å². The molecule has 0 aliphatic rings. The van der Waals surface area contributed by atoms with Crippen LogP contribution in [0.1, 0.15) is 15.5 Å². The van der Waals surface area contributed by atoms with E-state index in [2.05, 4.69) is 10.4 Å². The van der Waals surface area contributed by atoms with Gasteiger partial charge in [0.1, 0.15) is 0 Å². The molecule has 0 atom stereocenters. The summed E-state index contributed by atoms with van der Waals surface area (Å²) in [5.41, 5.74) is 3.76. The van der Waals surface area contributed by atoms with Gasteiger partial charge in [-0.25, -0.2) is 10.8 Å². The van der Waals surface area contributed by atoms with Gasteiger partial charge < -0.3 is 4.57 Å². The molecule has 0 aliphatic heterocycles. The van der Waals surface area contributed by atoms with Gasteiger partial charge in [0.15, 0.2) is 5.01 Å². The Kier molecular flexibility index (Phi) is 3.86. The predicted molar refractivity (Wildman–Crippen MR) is 84.8 cm³/mol. The van der Waals surface area contributed by atoms with Crippen molar-refractivity contribution in [2.45, 2.75) is 6.54 Å². The van der Waals surface area contributed by atoms with Crippen LogP contribution in [-0.2, 0) is 6.54 Å². The minimum absolute atomic E-state index is 0.333. The summed E-state index contributed by atoms with van der Waals surface area (Å²) >= 11 is 13.5. The minimum atomic E-state index is -0.394. The molecule has 1 amide bonds. The van der Waals surface area contributed by atoms with Gasteiger partial charge in [0, 0.05) is 22.0 Å². The number of hydrogen-bond acceptors (Lipinski definition) is 4. The average molecular weight is 341 g/mol. The number of nitrogens with zero attached hydrogens (tertiary/aromatic N) is 2. The zero-order valence-electron chi connectivity index (χ0n) is 10.6. The molecule has 0 fully saturated rings. The highest BCUT2D eigenvalue weighted by atomic mass is 35.5. The van der Waals surface area contributed by atoms with Crippen molar-refractivity contribution in [1.82, 2.24) is 15.0 Å². The number of nitrogens with one attached hydrogen (secondary N) is 1. The Morgan fingerprint density at radius 3 is 3.00 bits per heavy atom. The van der Waals surface area contributed by atoms with E-state index in [-0.39, 0.29) is 0 Å². The van der Waals surface area contributed by atoms with Crippen molar-refractivity contribution < 1.29 is 4.79 Å². The Bertz CT molecular complexity index is 827. The van der Waals surface area contributed by atoms with Crippen molar-refractivity contribution in [3.63, 3.8) is 0 Å². The summed E-state index contributed by atoms with van der Waals surface area (Å²) in [7, 11) is 0. The fourth-order valence-electron chi connectivity index (χ4n) is 2.08. The van der Waals surface area contributed by atoms with E-state index in [0.717, 1.165) is 16.6 Å². The number of carbonyl (C=O) groups excluding carboxylic acids is 1. The number of aromatic nitrogens is 2. The van der Waals surface area contributed by atoms with Gasteiger partial charge in [0.25, 0.3) is 5.91 Å². The van der Waals surface area contributed by atoms with Crippen LogP contribution in [0.3, 0.4) is 0 Å². The Labute approximate surface area is 134 Å². The van der Waals surface area contributed by atoms with E-state index < -0.39 is 5.91 Å². The quantitative estimate of drug-likeness (QED) is 0.437. The molecule has 0 bridgehead atoms. The molecule has 3 rings (SSSR count). The summed E-state index contributed by atoms with van der Waals surface area (Å²) in [6.45, 7) is 0.522. The van der Waals surface area contributed by atoms with Gasteiger partial charge in [0.2, 0.25) is 0 Å². The van der Waals surface area contributed by atoms with Crippen LogP contribution < -0.4 is 11.3 Å². The number of nitrogens with two attached hydrogens (primary N) is 1. The molecule has 21 heavy (non-hydrogen) atoms. The molecule has 2 aromatic heterocycles. The lowest BCUT2D eigenvalue weighted by molar-refractivity contribution is 0.0953. The third-order valence-corrected chi connectivity index (χ3v) is 4.43. The lowest BCUT2D eigenvalue weighted by Crippen LogP contribution is -2.29. The van der Waals surface area contributed by atoms with Crippen molar-refractivity contribution >= 4 is 51.3 Å². The molecule has 3 N–H and O–H groups in total. The molecule has 0 saturated carbocycles. The van der Waals surface area contributed by atoms with Gasteiger partial charge in [-0.3, -0.25) is 10.2 Å². The highest BCUT2D eigenvalue weighted by Crippen LogP contribution is 2.29. The second-order valence-corrected chi connectivity index (χ2v) is 6.08. The fraction of sp³-hybridized carbons (Fsp3) is 0.0769. The molecule has 3 aromatic rings. The molecule has 0 spiro atoms. The van der Waals surface area contributed by atoms with Crippen molar-refractivity contribution in [2.75, 3.05) is 0 Å². The molecule has 2 heterocycles. The summed E-state index contributed by atoms with van der Waals surface area (Å²) in [6, 6.07) is 5.48. The largest absolute Gasteiger partial charge is 0.341 e. The second kappa shape index (κ2) is 5.65. The van der Waals surface area contributed by atoms with Gasteiger partial charge in [-0.15, -0.1) is 11.3 Å². The van der Waals surface area contributed by atoms with Gasteiger partial charge >= 0.3 is 0 Å². The van der Waals surface area contributed by atoms with Crippen molar-refractivity contribution in [3.05, 3.63) is 50.5 Å². The maximum Gasteiger partial charge on any atom is 0.294 e. The Hall–Kier alpha value is -1.60. The first-order valence-electron chi connectivity index (χ1n) is 5.97. The molecular weight excluding hydrogens is 331 g/mol. The van der Waals surface area contributed by atoms with E-state index in [1.54, 1.807) is 6.07 Å². The van der Waals surface area contributed by atoms with Crippen molar-refractivity contribution in [1.29, 1.82) is 0 Å². The van der Waals surface area contributed by atoms with Crippen LogP contribution in [0.4, 0.5) is 0 Å². The maximum absolute atomic E-state index is 11.4. The van der Waals surface area contributed by atoms with E-state index in [1.807, 2.05) is 28.3 Å². The van der Waals surface area contributed by atoms with Gasteiger partial charge in [-0.05, 0) is 18.2 Å². The smallest absolute Gasteiger partial charge is 0.294 e. The van der Waals surface area contributed by atoms with Crippen LogP contribution in [-0.4, -0.2) is 15.5 Å². The number of carbonyl (C=O) groups is 1. The van der Waals surface area contributed by atoms with Crippen LogP contribution in [0.25, 0.3) is 10.9 Å². The molecule has 8 heteroatoms. The summed E-state index contributed by atoms with van der Waals surface area (Å²) in [5, 5.41) is 4.27. The molecule has 0 aliphatic carbocycles. The predicted octanol–water partition coefficient (Wildman–Crippen LogP) is 3.06. The van der Waals surface area contributed by atoms with Gasteiger partial charge in [-0.2, -0.15) is 0 Å². The molecule has 1 aromatic carbocycles. The lowest BCUT2D eigenvalue weighted by Gasteiger charge is -2.04. The molecular formula is C13H10Cl2N4OS. The Morgan fingerprint density at radius 2 is 2.24 bits per heavy atom. The standard InChI is InChI=1S/C13H10Cl2N4OS/c14-7-3-10(15)9-1-2-19(11(9)4-7)5-8-6-21-13(17-8)12(20)18-16/h1-4,6H,5,16H2,(H,18,20). The third kappa shape index (κ3) is 2.75. The van der Waals surface area contributed by atoms with Crippen LogP contribution >= 0.6 is 34.5 Å². The van der Waals surface area contributed by atoms with Crippen LogP contribution in [0.5, 0.6) is 0 Å². The SMILES string of the molecule is NNC(=O)c1nc(Cn2ccc3c(Cl)cc(Cl)cc32)cs1. The Balaban J connectivity index is 1.95. The van der Waals surface area contributed by atoms with Crippen molar-refractivity contribution in [2.24, 2.45) is 5.84 Å². The third-order valence-electron chi connectivity index (χ3n) is 3.01. The summed E-state index contributed by atoms with van der Waals surface area (Å²) in [4.78, 5) is 15.6. The number of rotatable bonds is 3. The first kappa shape index (κ1) is 14.3. The summed E-state index contributed by atoms with van der Waals surface area (Å²) < 4.78 is 1.98. The Morgan fingerprint density at radius 1 is 1.43 bits per heavy atom. The first-order valence-corrected chi connectivity index (χ1v) is 7.61. The van der Waals surface area contributed by atoms with E-state index in [0.29, 0.717) is 21.6 Å². The first-order chi connectivity index (χ1) is 10.1. The molecule has 0 unspecified atom stereocenters. The highest BCUT2D eigenvalue weighted by Gasteiger charge is 2.11. The van der Waals surface area contributed by atoms with Gasteiger partial charge in [-0.1, -0.05) is 23.2 Å². The molecule has 0 saturated heterocycles. The van der Waals surface area contributed by atoms with Crippen LogP contribution in [0.15, 0.2) is 29.8 Å². The van der Waals surface area contributed by atoms with Crippen LogP contribution in [0, 0.1) is 0 Å². The summed E-state index contributed by atoms with van der Waals surface area (Å²) in [5.74, 6) is 4.70. The van der Waals surface area contributed by atoms with E-state index >= 15 is 0 Å². The number of hydrogen-bond donors (Lipinski definition) is 2. The lowest BCUT2D eigenvalue weighted by atomic mass is 10.2. The van der Waals surface area contributed by atoms with Crippen molar-refractivity contribution in [3.8, 4) is 0 Å². The van der Waals surface area contributed by atoms with E-state index in [9.17, 15) is 4.79 Å². The number of benzene rings is 1. The monoisotopic (exact) mass is 340 g/mol. The number of amides is 1. The number of fused-ring (bicyclic) bond motifs is 1. The maximum atomic E-state index is 11.4. The highest BCUT2D eigenvalue weighted by molar-refractivity contribution is 7.11.